The molecule has 1 nitrogen and oxygen atoms in total. The average Bonchev–Trinajstić information content (AvgIpc) is 2.32. The number of hydrogen-bond acceptors (Lipinski definition) is 2. The predicted molar refractivity (Wildman–Crippen MR) is 74.5 cm³/mol. The molecule has 0 fully saturated rings. The Morgan fingerprint density at radius 2 is 1.89 bits per heavy atom. The van der Waals surface area contributed by atoms with Crippen LogP contribution in [0.2, 0.25) is 0 Å². The van der Waals surface area contributed by atoms with E-state index in [9.17, 15) is 8.78 Å². The predicted octanol–water partition coefficient (Wildman–Crippen LogP) is 4.60. The molecule has 0 aliphatic carbocycles. The Hall–Kier alpha value is -1.07. The second-order valence-corrected chi connectivity index (χ2v) is 5.61. The second kappa shape index (κ2) is 5.71. The van der Waals surface area contributed by atoms with Crippen LogP contribution in [0.3, 0.4) is 0 Å². The summed E-state index contributed by atoms with van der Waals surface area (Å²) in [5, 5.41) is 0. The lowest BCUT2D eigenvalue weighted by Crippen LogP contribution is -1.90. The van der Waals surface area contributed by atoms with Crippen molar-refractivity contribution in [2.45, 2.75) is 10.6 Å². The number of nitrogens with two attached hydrogens (primary N) is 1. The highest BCUT2D eigenvalue weighted by atomic mass is 79.9. The van der Waals surface area contributed by atoms with Gasteiger partial charge in [-0.2, -0.15) is 0 Å². The van der Waals surface area contributed by atoms with Gasteiger partial charge in [0.05, 0.1) is 5.69 Å². The number of anilines is 1. The Labute approximate surface area is 117 Å². The first-order chi connectivity index (χ1) is 8.56. The molecule has 2 aromatic rings. The van der Waals surface area contributed by atoms with Crippen LogP contribution in [-0.2, 0) is 5.75 Å². The van der Waals surface area contributed by atoms with Gasteiger partial charge in [0, 0.05) is 15.1 Å². The molecule has 0 radical (unpaired) electrons. The summed E-state index contributed by atoms with van der Waals surface area (Å²) >= 11 is 4.77. The third kappa shape index (κ3) is 3.23. The molecule has 0 saturated carbocycles. The molecular weight excluding hydrogens is 320 g/mol. The van der Waals surface area contributed by atoms with Crippen molar-refractivity contribution < 1.29 is 8.78 Å². The van der Waals surface area contributed by atoms with Crippen LogP contribution in [0.5, 0.6) is 0 Å². The topological polar surface area (TPSA) is 26.0 Å². The maximum absolute atomic E-state index is 13.2. The molecule has 0 saturated heterocycles. The van der Waals surface area contributed by atoms with Crippen LogP contribution >= 0.6 is 27.7 Å². The monoisotopic (exact) mass is 329 g/mol. The lowest BCUT2D eigenvalue weighted by atomic mass is 10.2. The van der Waals surface area contributed by atoms with Gasteiger partial charge in [0.1, 0.15) is 11.6 Å². The Balaban J connectivity index is 2.09. The first-order valence-corrected chi connectivity index (χ1v) is 6.96. The third-order valence-corrected chi connectivity index (χ3v) is 4.16. The van der Waals surface area contributed by atoms with Gasteiger partial charge in [-0.15, -0.1) is 11.8 Å². The number of halogens is 3. The van der Waals surface area contributed by atoms with E-state index in [-0.39, 0.29) is 11.5 Å². The van der Waals surface area contributed by atoms with Gasteiger partial charge in [-0.05, 0) is 35.9 Å². The van der Waals surface area contributed by atoms with Crippen molar-refractivity contribution in [3.05, 3.63) is 58.1 Å². The molecule has 0 aliphatic rings. The van der Waals surface area contributed by atoms with Crippen LogP contribution < -0.4 is 5.73 Å². The number of nitrogen functional groups attached to an aromatic ring is 1. The van der Waals surface area contributed by atoms with E-state index in [0.717, 1.165) is 10.5 Å². The number of hydrogen-bond donors (Lipinski definition) is 1. The minimum absolute atomic E-state index is 0.141. The van der Waals surface area contributed by atoms with E-state index in [2.05, 4.69) is 15.9 Å². The van der Waals surface area contributed by atoms with Gasteiger partial charge in [0.2, 0.25) is 0 Å². The zero-order valence-corrected chi connectivity index (χ0v) is 11.7. The first-order valence-electron chi connectivity index (χ1n) is 5.18. The highest BCUT2D eigenvalue weighted by Gasteiger charge is 2.04. The van der Waals surface area contributed by atoms with Gasteiger partial charge in [0.15, 0.2) is 0 Å². The normalized spacial score (nSPS) is 10.6. The summed E-state index contributed by atoms with van der Waals surface area (Å²) in [6.45, 7) is 0. The van der Waals surface area contributed by atoms with Crippen LogP contribution in [0.1, 0.15) is 5.56 Å². The molecule has 2 aromatic carbocycles. The summed E-state index contributed by atoms with van der Waals surface area (Å²) < 4.78 is 26.9. The SMILES string of the molecule is Nc1ccc(SCc2ccc(F)cc2Br)cc1F. The third-order valence-electron chi connectivity index (χ3n) is 2.38. The Morgan fingerprint density at radius 3 is 2.56 bits per heavy atom. The number of thioether (sulfide) groups is 1. The molecule has 2 rings (SSSR count). The highest BCUT2D eigenvalue weighted by molar-refractivity contribution is 9.10. The fraction of sp³-hybridized carbons (Fsp3) is 0.0769. The molecule has 18 heavy (non-hydrogen) atoms. The van der Waals surface area contributed by atoms with Crippen molar-refractivity contribution >= 4 is 33.4 Å². The maximum atomic E-state index is 13.2. The molecule has 0 heterocycles. The highest BCUT2D eigenvalue weighted by Crippen LogP contribution is 2.28. The fourth-order valence-corrected chi connectivity index (χ4v) is 3.00. The van der Waals surface area contributed by atoms with Crippen molar-refractivity contribution in [3.8, 4) is 0 Å². The smallest absolute Gasteiger partial charge is 0.147 e. The van der Waals surface area contributed by atoms with Crippen molar-refractivity contribution in [1.82, 2.24) is 0 Å². The molecule has 0 amide bonds. The van der Waals surface area contributed by atoms with Crippen molar-refractivity contribution in [2.24, 2.45) is 0 Å². The summed E-state index contributed by atoms with van der Waals surface area (Å²) in [5.74, 6) is -0.0724. The fourth-order valence-electron chi connectivity index (χ4n) is 1.40. The minimum atomic E-state index is -0.418. The van der Waals surface area contributed by atoms with Crippen LogP contribution in [-0.4, -0.2) is 0 Å². The maximum Gasteiger partial charge on any atom is 0.147 e. The Bertz CT molecular complexity index is 575. The minimum Gasteiger partial charge on any atom is -0.396 e. The van der Waals surface area contributed by atoms with Crippen molar-refractivity contribution in [3.63, 3.8) is 0 Å². The van der Waals surface area contributed by atoms with E-state index >= 15 is 0 Å². The van der Waals surface area contributed by atoms with Gasteiger partial charge in [-0.25, -0.2) is 8.78 Å². The molecule has 94 valence electrons. The Kier molecular flexibility index (Phi) is 4.24. The van der Waals surface area contributed by atoms with Crippen LogP contribution in [0.4, 0.5) is 14.5 Å². The molecule has 0 unspecified atom stereocenters. The van der Waals surface area contributed by atoms with Crippen molar-refractivity contribution in [2.75, 3.05) is 5.73 Å². The molecule has 0 aliphatic heterocycles. The summed E-state index contributed by atoms with van der Waals surface area (Å²) in [5.41, 5.74) is 6.50. The van der Waals surface area contributed by atoms with E-state index in [4.69, 9.17) is 5.73 Å². The van der Waals surface area contributed by atoms with Gasteiger partial charge < -0.3 is 5.73 Å². The molecule has 2 N–H and O–H groups in total. The lowest BCUT2D eigenvalue weighted by Gasteiger charge is -2.05. The van der Waals surface area contributed by atoms with E-state index in [1.165, 1.54) is 36.0 Å². The van der Waals surface area contributed by atoms with Crippen LogP contribution in [0, 0.1) is 11.6 Å². The zero-order valence-electron chi connectivity index (χ0n) is 9.29. The molecule has 0 aromatic heterocycles. The van der Waals surface area contributed by atoms with Crippen molar-refractivity contribution in [1.29, 1.82) is 0 Å². The van der Waals surface area contributed by atoms with Gasteiger partial charge in [0.25, 0.3) is 0 Å². The molecule has 0 bridgehead atoms. The van der Waals surface area contributed by atoms with Crippen LogP contribution in [0.25, 0.3) is 0 Å². The number of benzene rings is 2. The quantitative estimate of drug-likeness (QED) is 0.657. The van der Waals surface area contributed by atoms with E-state index < -0.39 is 5.82 Å². The first kappa shape index (κ1) is 13.4. The largest absolute Gasteiger partial charge is 0.396 e. The second-order valence-electron chi connectivity index (χ2n) is 3.71. The molecule has 0 atom stereocenters. The van der Waals surface area contributed by atoms with Crippen LogP contribution in [0.15, 0.2) is 45.8 Å². The lowest BCUT2D eigenvalue weighted by molar-refractivity contribution is 0.626. The average molecular weight is 330 g/mol. The standard InChI is InChI=1S/C13H10BrF2NS/c14-11-5-9(15)2-1-8(11)7-18-10-3-4-13(17)12(16)6-10/h1-6H,7,17H2. The molecule has 5 heteroatoms. The summed E-state index contributed by atoms with van der Waals surface area (Å²) in [6, 6.07) is 9.24. The number of rotatable bonds is 3. The van der Waals surface area contributed by atoms with Gasteiger partial charge in [-0.1, -0.05) is 22.0 Å². The van der Waals surface area contributed by atoms with E-state index in [1.807, 2.05) is 0 Å². The Morgan fingerprint density at radius 1 is 1.11 bits per heavy atom. The molecular formula is C13H10BrF2NS. The summed E-state index contributed by atoms with van der Waals surface area (Å²) in [7, 11) is 0. The van der Waals surface area contributed by atoms with Gasteiger partial charge >= 0.3 is 0 Å². The summed E-state index contributed by atoms with van der Waals surface area (Å²) in [4.78, 5) is 0.790. The van der Waals surface area contributed by atoms with Gasteiger partial charge in [-0.3, -0.25) is 0 Å². The zero-order chi connectivity index (χ0) is 13.1. The molecule has 0 spiro atoms. The summed E-state index contributed by atoms with van der Waals surface area (Å²) in [6.07, 6.45) is 0. The van der Waals surface area contributed by atoms with E-state index in [1.54, 1.807) is 12.1 Å². The van der Waals surface area contributed by atoms with E-state index in [0.29, 0.717) is 10.2 Å².